The summed E-state index contributed by atoms with van der Waals surface area (Å²) in [6.07, 6.45) is 13.3. The molecule has 262 valence electrons. The van der Waals surface area contributed by atoms with E-state index in [1.165, 1.54) is 73.2 Å². The van der Waals surface area contributed by atoms with Crippen LogP contribution in [0.25, 0.3) is 5.57 Å². The number of allylic oxidation sites excluding steroid dienone is 2. The number of halogens is 1. The Bertz CT molecular complexity index is 1390. The van der Waals surface area contributed by atoms with E-state index in [0.717, 1.165) is 11.1 Å². The Kier molecular flexibility index (Phi) is 15.4. The van der Waals surface area contributed by atoms with Crippen LogP contribution in [-0.2, 0) is 22.5 Å². The minimum Gasteiger partial charge on any atom is -0.579 e. The molecule has 2 aromatic carbocycles. The number of benzene rings is 2. The summed E-state index contributed by atoms with van der Waals surface area (Å²) in [5.74, 6) is 9.03. The van der Waals surface area contributed by atoms with Crippen LogP contribution >= 0.6 is 11.6 Å². The third kappa shape index (κ3) is 10.4. The number of hydrogen-bond acceptors (Lipinski definition) is 3. The number of para-hydroxylation sites is 1. The van der Waals surface area contributed by atoms with E-state index in [0.29, 0.717) is 16.3 Å². The number of nitrogens with zero attached hydrogens (tertiary/aromatic N) is 1. The molecule has 3 fully saturated rings. The molecule has 0 aromatic heterocycles. The molecule has 1 N–H and O–H groups in total. The van der Waals surface area contributed by atoms with E-state index in [4.69, 9.17) is 16.3 Å². The molecule has 0 unspecified atom stereocenters. The van der Waals surface area contributed by atoms with Crippen molar-refractivity contribution in [3.63, 3.8) is 0 Å². The monoisotopic (exact) mass is 720 g/mol. The molecule has 2 aromatic rings. The molecule has 2 heterocycles. The molecule has 49 heavy (non-hydrogen) atoms. The smallest absolute Gasteiger partial charge is 0.187 e. The number of rotatable bonds is 4. The van der Waals surface area contributed by atoms with Crippen molar-refractivity contribution in [1.82, 2.24) is 5.32 Å². The van der Waals surface area contributed by atoms with Crippen LogP contribution in [0.15, 0.2) is 66.8 Å². The first-order valence-electron chi connectivity index (χ1n) is 17.2. The number of fused-ring (bicyclic) bond motifs is 1. The largest absolute Gasteiger partial charge is 0.579 e. The van der Waals surface area contributed by atoms with E-state index in [2.05, 4.69) is 90.6 Å². The van der Waals surface area contributed by atoms with Crippen molar-refractivity contribution in [2.24, 2.45) is 5.92 Å². The second kappa shape index (κ2) is 18.3. The quantitative estimate of drug-likeness (QED) is 0.195. The standard InChI is InChI=1S/C21H25ClO2.C12H14N2.C10H15.Fe/c1-14(2)19(15-10-12-16(22)13-11-15)20(23)24-18-9-7-6-8-17(18)21(3,4)5;1-2-9-14(8-1)12-6-7-13-11-5-3-4-10(11)12;1-6-7(2)9(4)10(5)8(6)3;/h6-14,23H,1-5H3;3-7,13H,1-2,8-9H2;1-5H3;/q;+1;;/p-1/b20-19+;;;. The second-order valence-electron chi connectivity index (χ2n) is 14.2. The zero-order chi connectivity index (χ0) is 35.2. The molecule has 4 aliphatic rings. The summed E-state index contributed by atoms with van der Waals surface area (Å²) in [6, 6.07) is 16.2. The Morgan fingerprint density at radius 1 is 0.837 bits per heavy atom. The van der Waals surface area contributed by atoms with Crippen molar-refractivity contribution in [2.45, 2.75) is 87.5 Å². The summed E-state index contributed by atoms with van der Waals surface area (Å²) in [6.45, 7) is 23.7. The van der Waals surface area contributed by atoms with Crippen LogP contribution in [0.4, 0.5) is 0 Å². The molecule has 6 heteroatoms. The van der Waals surface area contributed by atoms with Gasteiger partial charge in [-0.2, -0.15) is 0 Å². The van der Waals surface area contributed by atoms with E-state index in [9.17, 15) is 5.11 Å². The molecule has 1 saturated heterocycles. The van der Waals surface area contributed by atoms with Crippen molar-refractivity contribution in [3.8, 4) is 5.75 Å². The minimum atomic E-state index is -0.316. The fraction of sp³-hybridized carbons (Fsp3) is 0.372. The van der Waals surface area contributed by atoms with Gasteiger partial charge in [-0.1, -0.05) is 111 Å². The number of hydrogen-bond donors (Lipinski definition) is 1. The van der Waals surface area contributed by atoms with Crippen LogP contribution in [0, 0.1) is 66.7 Å². The minimum absolute atomic E-state index is 0. The first kappa shape index (κ1) is 41.2. The second-order valence-corrected chi connectivity index (χ2v) is 14.7. The van der Waals surface area contributed by atoms with E-state index >= 15 is 0 Å². The first-order chi connectivity index (χ1) is 22.7. The topological polar surface area (TPSA) is 47.3 Å². The summed E-state index contributed by atoms with van der Waals surface area (Å²) in [7, 11) is 0. The molecule has 2 saturated carbocycles. The van der Waals surface area contributed by atoms with E-state index in [-0.39, 0.29) is 34.3 Å². The summed E-state index contributed by atoms with van der Waals surface area (Å²) in [5, 5.41) is 16.7. The molecule has 0 spiro atoms. The first-order valence-corrected chi connectivity index (χ1v) is 17.5. The van der Waals surface area contributed by atoms with Crippen molar-refractivity contribution < 1.29 is 31.5 Å². The third-order valence-corrected chi connectivity index (χ3v) is 9.93. The Morgan fingerprint density at radius 3 is 1.92 bits per heavy atom. The maximum absolute atomic E-state index is 12.8. The molecule has 2 aliphatic heterocycles. The fourth-order valence-electron chi connectivity index (χ4n) is 6.36. The van der Waals surface area contributed by atoms with Crippen LogP contribution in [0.3, 0.4) is 0 Å². The molecule has 4 nitrogen and oxygen atoms in total. The van der Waals surface area contributed by atoms with Crippen molar-refractivity contribution in [2.75, 3.05) is 13.1 Å². The third-order valence-electron chi connectivity index (χ3n) is 9.68. The predicted octanol–water partition coefficient (Wildman–Crippen LogP) is 9.45. The molecule has 6 rings (SSSR count). The normalized spacial score (nSPS) is 20.2. The van der Waals surface area contributed by atoms with Gasteiger partial charge in [0.2, 0.25) is 0 Å². The van der Waals surface area contributed by atoms with Gasteiger partial charge in [0.25, 0.3) is 0 Å². The van der Waals surface area contributed by atoms with Gasteiger partial charge in [0, 0.05) is 53.0 Å². The molecule has 10 radical (unpaired) electrons. The molecule has 0 atom stereocenters. The Balaban J connectivity index is 0.000000218. The van der Waals surface area contributed by atoms with Crippen molar-refractivity contribution in [1.29, 1.82) is 0 Å². The molecule has 2 aliphatic carbocycles. The maximum atomic E-state index is 12.8. The van der Waals surface area contributed by atoms with E-state index in [1.807, 2.05) is 56.4 Å². The van der Waals surface area contributed by atoms with Gasteiger partial charge in [0.05, 0.1) is 12.0 Å². The van der Waals surface area contributed by atoms with Crippen molar-refractivity contribution >= 4 is 22.9 Å². The SMILES string of the molecule is CC(C)/C(=C(/[O-])Oc1ccccc1C(C)(C)C)c1ccc(Cl)cc1.C[C]1[C](C)[C](C)[C](C)[C]1C.[CH]1[CH][C]2NC=CC(=[N+]3CCCC3)[C]2[CH]1.[Fe]. The molecular formula is C43H53ClFeN2O2. The van der Waals surface area contributed by atoms with Gasteiger partial charge < -0.3 is 15.2 Å². The average Bonchev–Trinajstić information content (AvgIpc) is 3.80. The van der Waals surface area contributed by atoms with Crippen LogP contribution in [-0.4, -0.2) is 23.4 Å². The maximum Gasteiger partial charge on any atom is 0.187 e. The Labute approximate surface area is 314 Å². The summed E-state index contributed by atoms with van der Waals surface area (Å²) in [5.41, 5.74) is 3.79. The van der Waals surface area contributed by atoms with Gasteiger partial charge in [-0.3, -0.25) is 0 Å². The van der Waals surface area contributed by atoms with Gasteiger partial charge in [0.15, 0.2) is 5.71 Å². The zero-order valence-electron chi connectivity index (χ0n) is 30.9. The van der Waals surface area contributed by atoms with Crippen LogP contribution in [0.5, 0.6) is 5.75 Å². The number of ether oxygens (including phenoxy) is 1. The van der Waals surface area contributed by atoms with Gasteiger partial charge in [-0.05, 0) is 95.1 Å². The molecular weight excluding hydrogens is 668 g/mol. The predicted molar refractivity (Wildman–Crippen MR) is 199 cm³/mol. The van der Waals surface area contributed by atoms with E-state index < -0.39 is 0 Å². The summed E-state index contributed by atoms with van der Waals surface area (Å²) in [4.78, 5) is 0. The zero-order valence-corrected chi connectivity index (χ0v) is 32.8. The molecule has 0 amide bonds. The van der Waals surface area contributed by atoms with Gasteiger partial charge >= 0.3 is 0 Å². The fourth-order valence-corrected chi connectivity index (χ4v) is 6.48. The van der Waals surface area contributed by atoms with Crippen LogP contribution in [0.1, 0.15) is 93.2 Å². The summed E-state index contributed by atoms with van der Waals surface area (Å²) < 4.78 is 8.25. The average molecular weight is 721 g/mol. The van der Waals surface area contributed by atoms with Gasteiger partial charge in [-0.15, -0.1) is 0 Å². The molecule has 0 bridgehead atoms. The Morgan fingerprint density at radius 2 is 1.39 bits per heavy atom. The number of nitrogens with one attached hydrogen (secondary N) is 1. The van der Waals surface area contributed by atoms with Gasteiger partial charge in [-0.25, -0.2) is 4.58 Å². The van der Waals surface area contributed by atoms with E-state index in [1.54, 1.807) is 12.1 Å². The summed E-state index contributed by atoms with van der Waals surface area (Å²) >= 11 is 5.95. The van der Waals surface area contributed by atoms with Crippen LogP contribution < -0.4 is 15.2 Å². The van der Waals surface area contributed by atoms with Crippen LogP contribution in [0.2, 0.25) is 5.02 Å². The Hall–Kier alpha value is -2.20. The van der Waals surface area contributed by atoms with Crippen molar-refractivity contribution in [3.05, 3.63) is 144 Å². The van der Waals surface area contributed by atoms with Gasteiger partial charge in [0.1, 0.15) is 19.0 Å².